The highest BCUT2D eigenvalue weighted by Crippen LogP contribution is 2.46. The fourth-order valence-electron chi connectivity index (χ4n) is 5.11. The molecule has 0 atom stereocenters. The number of aryl methyl sites for hydroxylation is 1. The van der Waals surface area contributed by atoms with E-state index >= 15 is 0 Å². The van der Waals surface area contributed by atoms with Crippen molar-refractivity contribution in [3.05, 3.63) is 76.6 Å². The molecule has 0 unspecified atom stereocenters. The SMILES string of the molecule is C[C]1CCC([C]2CCC(c3ccc(C(F)(F)Oc4ccc(C)c(F)c4)c(F)c3)CC2)CC1. The molecule has 2 radical (unpaired) electrons. The quantitative estimate of drug-likeness (QED) is 0.419. The van der Waals surface area contributed by atoms with Crippen LogP contribution in [-0.4, -0.2) is 0 Å². The number of hydrogen-bond acceptors (Lipinski definition) is 1. The van der Waals surface area contributed by atoms with E-state index in [4.69, 9.17) is 0 Å². The Morgan fingerprint density at radius 2 is 1.44 bits per heavy atom. The summed E-state index contributed by atoms with van der Waals surface area (Å²) in [5.74, 6) is 2.14. The van der Waals surface area contributed by atoms with Crippen LogP contribution in [-0.2, 0) is 6.11 Å². The monoisotopic (exact) mass is 446 g/mol. The highest BCUT2D eigenvalue weighted by Gasteiger charge is 2.38. The van der Waals surface area contributed by atoms with Crippen molar-refractivity contribution >= 4 is 0 Å². The Kier molecular flexibility index (Phi) is 6.83. The van der Waals surface area contributed by atoms with Gasteiger partial charge in [-0.2, -0.15) is 8.78 Å². The molecule has 0 aliphatic heterocycles. The Labute approximate surface area is 188 Å². The molecule has 2 aliphatic carbocycles. The maximum atomic E-state index is 14.7. The van der Waals surface area contributed by atoms with Gasteiger partial charge in [-0.05, 0) is 111 Å². The van der Waals surface area contributed by atoms with Crippen LogP contribution in [0.2, 0.25) is 0 Å². The zero-order chi connectivity index (χ0) is 22.9. The second kappa shape index (κ2) is 9.44. The molecule has 2 aromatic rings. The largest absolute Gasteiger partial charge is 0.429 e. The molecule has 2 fully saturated rings. The van der Waals surface area contributed by atoms with Crippen molar-refractivity contribution in [2.24, 2.45) is 5.92 Å². The Morgan fingerprint density at radius 3 is 2.06 bits per heavy atom. The maximum Gasteiger partial charge on any atom is 0.429 e. The molecule has 4 rings (SSSR count). The zero-order valence-electron chi connectivity index (χ0n) is 18.7. The summed E-state index contributed by atoms with van der Waals surface area (Å²) in [6.45, 7) is 3.76. The lowest BCUT2D eigenvalue weighted by molar-refractivity contribution is -0.187. The van der Waals surface area contributed by atoms with E-state index in [9.17, 15) is 17.6 Å². The highest BCUT2D eigenvalue weighted by molar-refractivity contribution is 5.32. The topological polar surface area (TPSA) is 9.23 Å². The summed E-state index contributed by atoms with van der Waals surface area (Å²) in [6.07, 6.45) is 4.97. The summed E-state index contributed by atoms with van der Waals surface area (Å²) >= 11 is 0. The first-order valence-electron chi connectivity index (χ1n) is 11.5. The van der Waals surface area contributed by atoms with Gasteiger partial charge in [0.2, 0.25) is 0 Å². The smallest absolute Gasteiger partial charge is 0.429 e. The van der Waals surface area contributed by atoms with Gasteiger partial charge in [0.15, 0.2) is 0 Å². The normalized spacial score (nSPS) is 19.9. The first-order chi connectivity index (χ1) is 15.2. The molecule has 172 valence electrons. The molecular formula is C27H30F4O. The van der Waals surface area contributed by atoms with Crippen LogP contribution in [0.25, 0.3) is 0 Å². The van der Waals surface area contributed by atoms with Gasteiger partial charge in [-0.25, -0.2) is 8.78 Å². The van der Waals surface area contributed by atoms with Gasteiger partial charge >= 0.3 is 6.11 Å². The summed E-state index contributed by atoms with van der Waals surface area (Å²) < 4.78 is 62.2. The second-order valence-electron chi connectivity index (χ2n) is 9.43. The maximum absolute atomic E-state index is 14.7. The molecule has 32 heavy (non-hydrogen) atoms. The molecule has 2 saturated carbocycles. The lowest BCUT2D eigenvalue weighted by Gasteiger charge is -2.37. The minimum Gasteiger partial charge on any atom is -0.429 e. The fourth-order valence-corrected chi connectivity index (χ4v) is 5.11. The molecule has 0 spiro atoms. The van der Waals surface area contributed by atoms with Gasteiger partial charge in [0.1, 0.15) is 17.4 Å². The van der Waals surface area contributed by atoms with Gasteiger partial charge in [-0.15, -0.1) is 0 Å². The van der Waals surface area contributed by atoms with Crippen molar-refractivity contribution < 1.29 is 22.3 Å². The van der Waals surface area contributed by atoms with Gasteiger partial charge in [0.25, 0.3) is 0 Å². The number of benzene rings is 2. The van der Waals surface area contributed by atoms with E-state index in [0.29, 0.717) is 11.5 Å². The van der Waals surface area contributed by atoms with Crippen LogP contribution >= 0.6 is 0 Å². The standard InChI is InChI=1S/C27H30F4O/c1-17-3-6-19(7-4-17)20-8-10-21(11-9-20)22-12-14-24(26(29)15-22)27(30,31)32-23-13-5-18(2)25(28)16-23/h5,12-16,19,21H,3-4,6-11H2,1-2H3. The van der Waals surface area contributed by atoms with Crippen molar-refractivity contribution in [1.82, 2.24) is 0 Å². The van der Waals surface area contributed by atoms with Gasteiger partial charge in [0, 0.05) is 6.07 Å². The third-order valence-corrected chi connectivity index (χ3v) is 7.21. The molecule has 1 nitrogen and oxygen atoms in total. The van der Waals surface area contributed by atoms with Crippen LogP contribution < -0.4 is 4.74 Å². The summed E-state index contributed by atoms with van der Waals surface area (Å²) in [4.78, 5) is 0. The van der Waals surface area contributed by atoms with Crippen LogP contribution in [0.15, 0.2) is 36.4 Å². The van der Waals surface area contributed by atoms with E-state index in [-0.39, 0.29) is 11.7 Å². The summed E-state index contributed by atoms with van der Waals surface area (Å²) in [5.41, 5.74) is 0.246. The van der Waals surface area contributed by atoms with E-state index in [1.54, 1.807) is 17.9 Å². The van der Waals surface area contributed by atoms with E-state index in [1.807, 2.05) is 0 Å². The molecule has 0 heterocycles. The van der Waals surface area contributed by atoms with E-state index < -0.39 is 23.3 Å². The first kappa shape index (κ1) is 23.1. The molecule has 0 aromatic heterocycles. The molecule has 0 amide bonds. The Balaban J connectivity index is 1.40. The minimum absolute atomic E-state index is 0.180. The van der Waals surface area contributed by atoms with Crippen LogP contribution in [0, 0.1) is 36.3 Å². The Bertz CT molecular complexity index is 925. The summed E-state index contributed by atoms with van der Waals surface area (Å²) in [6, 6.07) is 7.39. The minimum atomic E-state index is -3.89. The fraction of sp³-hybridized carbons (Fsp3) is 0.481. The number of hydrogen-bond donors (Lipinski definition) is 0. The lowest BCUT2D eigenvalue weighted by atomic mass is 9.68. The molecule has 2 aliphatic rings. The van der Waals surface area contributed by atoms with Crippen LogP contribution in [0.4, 0.5) is 17.6 Å². The van der Waals surface area contributed by atoms with Crippen molar-refractivity contribution in [3.8, 4) is 5.75 Å². The molecule has 0 N–H and O–H groups in total. The third-order valence-electron chi connectivity index (χ3n) is 7.21. The van der Waals surface area contributed by atoms with Crippen molar-refractivity contribution in [2.45, 2.75) is 77.2 Å². The molecule has 0 saturated heterocycles. The predicted octanol–water partition coefficient (Wildman–Crippen LogP) is 8.42. The van der Waals surface area contributed by atoms with Crippen molar-refractivity contribution in [1.29, 1.82) is 0 Å². The third kappa shape index (κ3) is 5.13. The van der Waals surface area contributed by atoms with Crippen LogP contribution in [0.5, 0.6) is 5.75 Å². The Morgan fingerprint density at radius 1 is 0.781 bits per heavy atom. The molecule has 0 bridgehead atoms. The van der Waals surface area contributed by atoms with Crippen molar-refractivity contribution in [2.75, 3.05) is 0 Å². The van der Waals surface area contributed by atoms with E-state index in [0.717, 1.165) is 43.4 Å². The van der Waals surface area contributed by atoms with Gasteiger partial charge in [-0.1, -0.05) is 19.1 Å². The van der Waals surface area contributed by atoms with Gasteiger partial charge in [0.05, 0.1) is 5.56 Å². The number of ether oxygens (including phenoxy) is 1. The molecular weight excluding hydrogens is 416 g/mol. The zero-order valence-corrected chi connectivity index (χ0v) is 18.7. The van der Waals surface area contributed by atoms with Crippen LogP contribution in [0.1, 0.15) is 80.9 Å². The number of rotatable bonds is 5. The number of alkyl halides is 2. The Hall–Kier alpha value is -2.04. The van der Waals surface area contributed by atoms with E-state index in [2.05, 4.69) is 11.7 Å². The predicted molar refractivity (Wildman–Crippen MR) is 117 cm³/mol. The van der Waals surface area contributed by atoms with E-state index in [1.165, 1.54) is 50.8 Å². The number of halogens is 4. The highest BCUT2D eigenvalue weighted by atomic mass is 19.3. The average Bonchev–Trinajstić information content (AvgIpc) is 2.76. The molecule has 5 heteroatoms. The average molecular weight is 447 g/mol. The van der Waals surface area contributed by atoms with Crippen LogP contribution in [0.3, 0.4) is 0 Å². The first-order valence-corrected chi connectivity index (χ1v) is 11.5. The van der Waals surface area contributed by atoms with Gasteiger partial charge < -0.3 is 4.74 Å². The van der Waals surface area contributed by atoms with Crippen molar-refractivity contribution in [3.63, 3.8) is 0 Å². The summed E-state index contributed by atoms with van der Waals surface area (Å²) in [5, 5.41) is 0. The summed E-state index contributed by atoms with van der Waals surface area (Å²) in [7, 11) is 0. The van der Waals surface area contributed by atoms with Gasteiger partial charge in [-0.3, -0.25) is 0 Å². The molecule has 2 aromatic carbocycles. The second-order valence-corrected chi connectivity index (χ2v) is 9.43. The lowest BCUT2D eigenvalue weighted by Crippen LogP contribution is -2.24.